The number of alkyl halides is 3. The number of ketones is 2. The topological polar surface area (TPSA) is 34.1 Å². The van der Waals surface area contributed by atoms with Crippen LogP contribution in [-0.4, -0.2) is 17.7 Å². The Labute approximate surface area is 118 Å². The van der Waals surface area contributed by atoms with Gasteiger partial charge in [-0.1, -0.05) is 33.1 Å². The zero-order valence-corrected chi connectivity index (χ0v) is 12.2. The molecule has 0 amide bonds. The number of Topliss-reactive ketones (excluding diaryl/α,β-unsaturated/α-hetero) is 2. The average molecular weight is 292 g/mol. The van der Waals surface area contributed by atoms with E-state index in [1.807, 2.05) is 13.8 Å². The van der Waals surface area contributed by atoms with Gasteiger partial charge in [-0.25, -0.2) is 0 Å². The molecule has 2 nitrogen and oxygen atoms in total. The van der Waals surface area contributed by atoms with Crippen molar-refractivity contribution >= 4 is 11.6 Å². The highest BCUT2D eigenvalue weighted by Crippen LogP contribution is 2.50. The molecule has 1 fully saturated rings. The van der Waals surface area contributed by atoms with Gasteiger partial charge in [0.2, 0.25) is 0 Å². The van der Waals surface area contributed by atoms with E-state index in [0.29, 0.717) is 25.7 Å². The van der Waals surface area contributed by atoms with Crippen LogP contribution in [0.2, 0.25) is 0 Å². The Kier molecular flexibility index (Phi) is 5.78. The van der Waals surface area contributed by atoms with Gasteiger partial charge in [-0.05, 0) is 25.7 Å². The lowest BCUT2D eigenvalue weighted by molar-refractivity contribution is -0.228. The quantitative estimate of drug-likeness (QED) is 0.677. The van der Waals surface area contributed by atoms with E-state index >= 15 is 0 Å². The van der Waals surface area contributed by atoms with Crippen molar-refractivity contribution in [1.29, 1.82) is 0 Å². The number of carbonyl (C=O) groups is 2. The summed E-state index contributed by atoms with van der Waals surface area (Å²) in [6.07, 6.45) is -2.74. The number of hydrogen-bond acceptors (Lipinski definition) is 2. The van der Waals surface area contributed by atoms with Crippen LogP contribution in [0.1, 0.15) is 65.2 Å². The van der Waals surface area contributed by atoms with E-state index < -0.39 is 23.8 Å². The third-order valence-electron chi connectivity index (χ3n) is 4.56. The molecule has 0 aliphatic heterocycles. The molecular weight excluding hydrogens is 269 g/mol. The molecule has 0 heterocycles. The second-order valence-corrected chi connectivity index (χ2v) is 5.72. The summed E-state index contributed by atoms with van der Waals surface area (Å²) in [7, 11) is 0. The highest BCUT2D eigenvalue weighted by molar-refractivity contribution is 6.03. The molecule has 0 radical (unpaired) electrons. The Hall–Kier alpha value is -0.870. The van der Waals surface area contributed by atoms with Crippen LogP contribution in [-0.2, 0) is 9.59 Å². The minimum absolute atomic E-state index is 0.161. The standard InChI is InChI=1S/C15H23F3O2/c1-3-11(4-2)12(19)10-13(20)14(15(16,17)18)8-6-5-7-9-14/h11H,3-10H2,1-2H3. The van der Waals surface area contributed by atoms with Crippen LogP contribution in [0.15, 0.2) is 0 Å². The maximum atomic E-state index is 13.3. The third-order valence-corrected chi connectivity index (χ3v) is 4.56. The lowest BCUT2D eigenvalue weighted by Gasteiger charge is -2.37. The van der Waals surface area contributed by atoms with Crippen molar-refractivity contribution < 1.29 is 22.8 Å². The highest BCUT2D eigenvalue weighted by atomic mass is 19.4. The summed E-state index contributed by atoms with van der Waals surface area (Å²) < 4.78 is 40.0. The Morgan fingerprint density at radius 3 is 1.95 bits per heavy atom. The monoisotopic (exact) mass is 292 g/mol. The minimum Gasteiger partial charge on any atom is -0.299 e. The van der Waals surface area contributed by atoms with Gasteiger partial charge in [0.25, 0.3) is 0 Å². The Balaban J connectivity index is 2.87. The fourth-order valence-electron chi connectivity index (χ4n) is 3.09. The molecule has 20 heavy (non-hydrogen) atoms. The first-order chi connectivity index (χ1) is 9.28. The minimum atomic E-state index is -4.54. The van der Waals surface area contributed by atoms with Crippen LogP contribution >= 0.6 is 0 Å². The molecule has 0 bridgehead atoms. The normalized spacial score (nSPS) is 19.1. The molecule has 1 aliphatic rings. The zero-order chi connectivity index (χ0) is 15.4. The molecule has 5 heteroatoms. The number of rotatable bonds is 6. The summed E-state index contributed by atoms with van der Waals surface area (Å²) in [5.74, 6) is -1.55. The first-order valence-corrected chi connectivity index (χ1v) is 7.41. The van der Waals surface area contributed by atoms with Crippen molar-refractivity contribution in [3.05, 3.63) is 0 Å². The number of hydrogen-bond donors (Lipinski definition) is 0. The van der Waals surface area contributed by atoms with E-state index in [-0.39, 0.29) is 24.5 Å². The summed E-state index contributed by atoms with van der Waals surface area (Å²) in [6, 6.07) is 0. The van der Waals surface area contributed by atoms with Crippen molar-refractivity contribution in [2.24, 2.45) is 11.3 Å². The molecule has 0 aromatic heterocycles. The molecule has 0 saturated heterocycles. The first-order valence-electron chi connectivity index (χ1n) is 7.41. The van der Waals surface area contributed by atoms with Crippen LogP contribution in [0.4, 0.5) is 13.2 Å². The molecular formula is C15H23F3O2. The Bertz CT molecular complexity index is 351. The Morgan fingerprint density at radius 1 is 1.05 bits per heavy atom. The lowest BCUT2D eigenvalue weighted by atomic mass is 9.69. The second-order valence-electron chi connectivity index (χ2n) is 5.72. The van der Waals surface area contributed by atoms with Gasteiger partial charge in [0.1, 0.15) is 11.2 Å². The third kappa shape index (κ3) is 3.41. The lowest BCUT2D eigenvalue weighted by Crippen LogP contribution is -2.47. The summed E-state index contributed by atoms with van der Waals surface area (Å²) in [6.45, 7) is 3.63. The van der Waals surface area contributed by atoms with Crippen LogP contribution in [0.25, 0.3) is 0 Å². The van der Waals surface area contributed by atoms with Gasteiger partial charge in [0, 0.05) is 5.92 Å². The molecule has 0 spiro atoms. The van der Waals surface area contributed by atoms with Crippen LogP contribution < -0.4 is 0 Å². The van der Waals surface area contributed by atoms with Crippen LogP contribution in [0.5, 0.6) is 0 Å². The van der Waals surface area contributed by atoms with Crippen molar-refractivity contribution in [3.8, 4) is 0 Å². The van der Waals surface area contributed by atoms with Gasteiger partial charge in [-0.3, -0.25) is 9.59 Å². The smallest absolute Gasteiger partial charge is 0.299 e. The highest BCUT2D eigenvalue weighted by Gasteiger charge is 2.59. The van der Waals surface area contributed by atoms with Crippen molar-refractivity contribution in [1.82, 2.24) is 0 Å². The number of carbonyl (C=O) groups excluding carboxylic acids is 2. The van der Waals surface area contributed by atoms with E-state index in [4.69, 9.17) is 0 Å². The maximum Gasteiger partial charge on any atom is 0.401 e. The van der Waals surface area contributed by atoms with Crippen molar-refractivity contribution in [3.63, 3.8) is 0 Å². The average Bonchev–Trinajstić information content (AvgIpc) is 2.39. The molecule has 0 aromatic carbocycles. The van der Waals surface area contributed by atoms with Crippen LogP contribution in [0.3, 0.4) is 0 Å². The van der Waals surface area contributed by atoms with E-state index in [1.165, 1.54) is 0 Å². The first kappa shape index (κ1) is 17.2. The van der Waals surface area contributed by atoms with E-state index in [0.717, 1.165) is 6.42 Å². The molecule has 0 unspecified atom stereocenters. The second kappa shape index (κ2) is 6.72. The van der Waals surface area contributed by atoms with E-state index in [9.17, 15) is 22.8 Å². The summed E-state index contributed by atoms with van der Waals surface area (Å²) in [4.78, 5) is 24.1. The SMILES string of the molecule is CCC(CC)C(=O)CC(=O)C1(C(F)(F)F)CCCCC1. The van der Waals surface area contributed by atoms with Crippen molar-refractivity contribution in [2.75, 3.05) is 0 Å². The van der Waals surface area contributed by atoms with Gasteiger partial charge >= 0.3 is 6.18 Å². The number of halogens is 3. The van der Waals surface area contributed by atoms with Gasteiger partial charge in [-0.15, -0.1) is 0 Å². The molecule has 1 aliphatic carbocycles. The van der Waals surface area contributed by atoms with Gasteiger partial charge in [0.15, 0.2) is 5.78 Å². The predicted molar refractivity (Wildman–Crippen MR) is 70.3 cm³/mol. The molecule has 116 valence electrons. The largest absolute Gasteiger partial charge is 0.401 e. The van der Waals surface area contributed by atoms with E-state index in [2.05, 4.69) is 0 Å². The van der Waals surface area contributed by atoms with E-state index in [1.54, 1.807) is 0 Å². The molecule has 1 saturated carbocycles. The summed E-state index contributed by atoms with van der Waals surface area (Å²) in [5.41, 5.74) is -2.27. The maximum absolute atomic E-state index is 13.3. The summed E-state index contributed by atoms with van der Waals surface area (Å²) >= 11 is 0. The predicted octanol–water partition coefficient (Wildman–Crippen LogP) is 4.46. The molecule has 1 rings (SSSR count). The van der Waals surface area contributed by atoms with Crippen LogP contribution in [0, 0.1) is 11.3 Å². The van der Waals surface area contributed by atoms with Gasteiger partial charge in [0.05, 0.1) is 6.42 Å². The zero-order valence-electron chi connectivity index (χ0n) is 12.2. The van der Waals surface area contributed by atoms with Crippen molar-refractivity contribution in [2.45, 2.75) is 71.4 Å². The molecule has 0 atom stereocenters. The van der Waals surface area contributed by atoms with Gasteiger partial charge in [-0.2, -0.15) is 13.2 Å². The van der Waals surface area contributed by atoms with Gasteiger partial charge < -0.3 is 0 Å². The fraction of sp³-hybridized carbons (Fsp3) is 0.867. The molecule has 0 N–H and O–H groups in total. The molecule has 0 aromatic rings. The fourth-order valence-corrected chi connectivity index (χ4v) is 3.09. The Morgan fingerprint density at radius 2 is 1.55 bits per heavy atom. The summed E-state index contributed by atoms with van der Waals surface area (Å²) in [5, 5.41) is 0.